The summed E-state index contributed by atoms with van der Waals surface area (Å²) in [5.74, 6) is 0. The Kier molecular flexibility index (Phi) is 7.02. The summed E-state index contributed by atoms with van der Waals surface area (Å²) in [7, 11) is -3.84. The predicted octanol–water partition coefficient (Wildman–Crippen LogP) is 6.03. The van der Waals surface area contributed by atoms with E-state index in [9.17, 15) is 18.5 Å². The molecule has 0 aliphatic rings. The van der Waals surface area contributed by atoms with Crippen LogP contribution in [0.1, 0.15) is 19.4 Å². The molecule has 0 spiro atoms. The van der Waals surface area contributed by atoms with E-state index in [4.69, 9.17) is 11.6 Å². The lowest BCUT2D eigenvalue weighted by molar-refractivity contribution is -0.384. The van der Waals surface area contributed by atoms with Gasteiger partial charge in [0.25, 0.3) is 5.69 Å². The second kappa shape index (κ2) is 9.99. The zero-order chi connectivity index (χ0) is 25.2. The van der Waals surface area contributed by atoms with Gasteiger partial charge in [0.05, 0.1) is 21.1 Å². The Morgan fingerprint density at radius 3 is 2.03 bits per heavy atom. The zero-order valence-corrected chi connectivity index (χ0v) is 20.7. The molecule has 4 rings (SSSR count). The molecule has 0 radical (unpaired) electrons. The Morgan fingerprint density at radius 1 is 0.971 bits per heavy atom. The molecule has 4 aromatic rings. The van der Waals surface area contributed by atoms with Crippen LogP contribution in [-0.2, 0) is 10.0 Å². The van der Waals surface area contributed by atoms with Crippen LogP contribution in [0, 0.1) is 10.1 Å². The van der Waals surface area contributed by atoms with Crippen molar-refractivity contribution in [3.63, 3.8) is 0 Å². The van der Waals surface area contributed by atoms with Gasteiger partial charge in [-0.15, -0.1) is 0 Å². The lowest BCUT2D eigenvalue weighted by Crippen LogP contribution is -2.30. The molecule has 0 aliphatic carbocycles. The molecule has 0 unspecified atom stereocenters. The smallest absolute Gasteiger partial charge is 0.272 e. The van der Waals surface area contributed by atoms with Gasteiger partial charge in [0.1, 0.15) is 5.69 Å². The summed E-state index contributed by atoms with van der Waals surface area (Å²) in [4.78, 5) is 10.9. The minimum Gasteiger partial charge on any atom is -0.272 e. The fraction of sp³-hybridized carbons (Fsp3) is 0.160. The summed E-state index contributed by atoms with van der Waals surface area (Å²) in [6.07, 6.45) is 1.59. The third-order valence-corrected chi connectivity index (χ3v) is 8.25. The maximum Gasteiger partial charge on any atom is 0.295 e. The van der Waals surface area contributed by atoms with Gasteiger partial charge in [-0.05, 0) is 22.9 Å². The number of fused-ring (bicyclic) bond motifs is 2. The Bertz CT molecular complexity index is 1510. The number of nitrogens with one attached hydrogen (secondary N) is 1. The van der Waals surface area contributed by atoms with Crippen molar-refractivity contribution in [1.82, 2.24) is 4.31 Å². The van der Waals surface area contributed by atoms with Gasteiger partial charge in [0.15, 0.2) is 0 Å². The summed E-state index contributed by atoms with van der Waals surface area (Å²) >= 11 is 6.64. The zero-order valence-electron chi connectivity index (χ0n) is 19.1. The first-order valence-corrected chi connectivity index (χ1v) is 12.8. The van der Waals surface area contributed by atoms with Gasteiger partial charge >= 0.3 is 0 Å². The summed E-state index contributed by atoms with van der Waals surface area (Å²) in [6.45, 7) is 3.95. The number of sulfonamides is 1. The first kappa shape index (κ1) is 24.6. The molecule has 0 aliphatic heterocycles. The van der Waals surface area contributed by atoms with E-state index >= 15 is 0 Å². The number of nitrogens with zero attached hydrogens (tertiary/aromatic N) is 3. The third-order valence-electron chi connectivity index (χ3n) is 5.80. The number of halogens is 1. The largest absolute Gasteiger partial charge is 0.295 e. The molecule has 180 valence electrons. The molecule has 0 heterocycles. The van der Waals surface area contributed by atoms with Crippen LogP contribution in [0.4, 0.5) is 11.4 Å². The molecule has 0 amide bonds. The highest BCUT2D eigenvalue weighted by Gasteiger charge is 2.25. The maximum absolute atomic E-state index is 12.8. The highest BCUT2D eigenvalue weighted by Crippen LogP contribution is 2.35. The molecule has 0 fully saturated rings. The molecule has 35 heavy (non-hydrogen) atoms. The minimum atomic E-state index is -3.84. The molecule has 0 saturated heterocycles. The van der Waals surface area contributed by atoms with Gasteiger partial charge in [-0.1, -0.05) is 74.0 Å². The third kappa shape index (κ3) is 4.58. The van der Waals surface area contributed by atoms with Gasteiger partial charge in [-0.3, -0.25) is 15.5 Å². The lowest BCUT2D eigenvalue weighted by atomic mass is 9.97. The summed E-state index contributed by atoms with van der Waals surface area (Å²) in [6, 6.07) is 19.1. The molecule has 0 aromatic heterocycles. The fourth-order valence-electron chi connectivity index (χ4n) is 4.04. The SMILES string of the molecule is CCN(CC)S(=O)(=O)c1ccc(N/N=C/c2c3ccccc3c(Cl)c3ccccc23)c([N+](=O)[O-])c1. The topological polar surface area (TPSA) is 105 Å². The lowest BCUT2D eigenvalue weighted by Gasteiger charge is -2.18. The summed E-state index contributed by atoms with van der Waals surface area (Å²) < 4.78 is 26.8. The van der Waals surface area contributed by atoms with Gasteiger partial charge in [0, 0.05) is 35.5 Å². The number of hydrogen-bond acceptors (Lipinski definition) is 6. The highest BCUT2D eigenvalue weighted by atomic mass is 35.5. The van der Waals surface area contributed by atoms with Crippen LogP contribution in [0.2, 0.25) is 5.02 Å². The van der Waals surface area contributed by atoms with Crippen molar-refractivity contribution in [1.29, 1.82) is 0 Å². The van der Waals surface area contributed by atoms with E-state index in [1.807, 2.05) is 48.5 Å². The Balaban J connectivity index is 1.75. The van der Waals surface area contributed by atoms with Crippen LogP contribution in [-0.4, -0.2) is 37.0 Å². The van der Waals surface area contributed by atoms with Crippen LogP contribution in [0.5, 0.6) is 0 Å². The standard InChI is InChI=1S/C25H23ClN4O4S/c1-3-29(4-2)35(33,34)17-13-14-23(24(15-17)30(31)32)28-27-16-22-18-9-5-7-11-20(18)25(26)21-12-8-6-10-19(21)22/h5-16,28H,3-4H2,1-2H3/b27-16+. The highest BCUT2D eigenvalue weighted by molar-refractivity contribution is 7.89. The van der Waals surface area contributed by atoms with Gasteiger partial charge in [-0.25, -0.2) is 8.42 Å². The molecular weight excluding hydrogens is 488 g/mol. The van der Waals surface area contributed by atoms with Crippen molar-refractivity contribution in [3.8, 4) is 0 Å². The first-order chi connectivity index (χ1) is 16.8. The van der Waals surface area contributed by atoms with Crippen molar-refractivity contribution in [2.45, 2.75) is 18.7 Å². The van der Waals surface area contributed by atoms with Crippen LogP contribution in [0.15, 0.2) is 76.7 Å². The molecule has 10 heteroatoms. The van der Waals surface area contributed by atoms with Crippen LogP contribution in [0.25, 0.3) is 21.5 Å². The van der Waals surface area contributed by atoms with Gasteiger partial charge < -0.3 is 0 Å². The predicted molar refractivity (Wildman–Crippen MR) is 141 cm³/mol. The van der Waals surface area contributed by atoms with E-state index in [0.717, 1.165) is 33.2 Å². The van der Waals surface area contributed by atoms with E-state index < -0.39 is 14.9 Å². The maximum atomic E-state index is 12.8. The minimum absolute atomic E-state index is 0.0762. The molecule has 4 aromatic carbocycles. The summed E-state index contributed by atoms with van der Waals surface area (Å²) in [5.41, 5.74) is 3.20. The van der Waals surface area contributed by atoms with Crippen molar-refractivity contribution in [2.24, 2.45) is 5.10 Å². The quantitative estimate of drug-likeness (QED) is 0.135. The molecule has 0 saturated carbocycles. The van der Waals surface area contributed by atoms with E-state index in [-0.39, 0.29) is 29.4 Å². The van der Waals surface area contributed by atoms with E-state index in [1.165, 1.54) is 16.4 Å². The van der Waals surface area contributed by atoms with Crippen LogP contribution in [0.3, 0.4) is 0 Å². The van der Waals surface area contributed by atoms with E-state index in [0.29, 0.717) is 5.02 Å². The fourth-order valence-corrected chi connectivity index (χ4v) is 5.85. The normalized spacial score (nSPS) is 12.1. The van der Waals surface area contributed by atoms with Crippen molar-refractivity contribution < 1.29 is 13.3 Å². The Labute approximate surface area is 208 Å². The van der Waals surface area contributed by atoms with Crippen molar-refractivity contribution in [2.75, 3.05) is 18.5 Å². The number of hydrogen-bond donors (Lipinski definition) is 1. The second-order valence-corrected chi connectivity index (χ2v) is 10.0. The Morgan fingerprint density at radius 2 is 1.51 bits per heavy atom. The van der Waals surface area contributed by atoms with Crippen molar-refractivity contribution in [3.05, 3.63) is 87.4 Å². The number of hydrazone groups is 1. The average molecular weight is 511 g/mol. The summed E-state index contributed by atoms with van der Waals surface area (Å²) in [5, 5.41) is 20.1. The number of benzene rings is 4. The monoisotopic (exact) mass is 510 g/mol. The van der Waals surface area contributed by atoms with Crippen LogP contribution >= 0.6 is 11.6 Å². The van der Waals surface area contributed by atoms with Crippen molar-refractivity contribution >= 4 is 60.8 Å². The molecule has 0 atom stereocenters. The second-order valence-electron chi connectivity index (χ2n) is 7.71. The number of anilines is 1. The molecular formula is C25H23ClN4O4S. The first-order valence-electron chi connectivity index (χ1n) is 11.0. The number of rotatable bonds is 8. The molecule has 1 N–H and O–H groups in total. The average Bonchev–Trinajstić information content (AvgIpc) is 2.86. The van der Waals surface area contributed by atoms with E-state index in [1.54, 1.807) is 20.1 Å². The van der Waals surface area contributed by atoms with Crippen LogP contribution < -0.4 is 5.43 Å². The number of nitro benzene ring substituents is 1. The van der Waals surface area contributed by atoms with E-state index in [2.05, 4.69) is 10.5 Å². The van der Waals surface area contributed by atoms with Gasteiger partial charge in [-0.2, -0.15) is 9.41 Å². The Hall–Kier alpha value is -3.53. The van der Waals surface area contributed by atoms with Gasteiger partial charge in [0.2, 0.25) is 10.0 Å². The molecule has 0 bridgehead atoms. The number of nitro groups is 1. The molecule has 8 nitrogen and oxygen atoms in total.